The maximum atomic E-state index is 12.0. The van der Waals surface area contributed by atoms with Crippen molar-refractivity contribution in [1.82, 2.24) is 20.3 Å². The Hall–Kier alpha value is -2.70. The molecule has 1 aliphatic heterocycles. The Morgan fingerprint density at radius 2 is 2.07 bits per heavy atom. The van der Waals surface area contributed by atoms with Crippen LogP contribution in [0.15, 0.2) is 24.5 Å². The molecular weight excluding hydrogens is 342 g/mol. The van der Waals surface area contributed by atoms with Crippen molar-refractivity contribution in [3.8, 4) is 11.4 Å². The van der Waals surface area contributed by atoms with E-state index in [1.807, 2.05) is 46.8 Å². The van der Waals surface area contributed by atoms with E-state index in [1.165, 1.54) is 0 Å². The van der Waals surface area contributed by atoms with Gasteiger partial charge in [0, 0.05) is 42.3 Å². The summed E-state index contributed by atoms with van der Waals surface area (Å²) < 4.78 is 5.36. The van der Waals surface area contributed by atoms with Gasteiger partial charge in [-0.25, -0.2) is 14.8 Å². The molecule has 0 aromatic carbocycles. The van der Waals surface area contributed by atoms with E-state index in [9.17, 15) is 4.79 Å². The van der Waals surface area contributed by atoms with Gasteiger partial charge in [0.2, 0.25) is 0 Å². The topological polar surface area (TPSA) is 80.2 Å². The normalized spacial score (nSPS) is 17.1. The Morgan fingerprint density at radius 1 is 1.30 bits per heavy atom. The second-order valence-electron chi connectivity index (χ2n) is 7.90. The van der Waals surface area contributed by atoms with Crippen LogP contribution in [0.5, 0.6) is 0 Å². The van der Waals surface area contributed by atoms with Gasteiger partial charge in [0.15, 0.2) is 5.82 Å². The molecular formula is C20H27N5O2. The molecule has 1 unspecified atom stereocenters. The predicted molar refractivity (Wildman–Crippen MR) is 105 cm³/mol. The van der Waals surface area contributed by atoms with Crippen molar-refractivity contribution in [3.63, 3.8) is 0 Å². The van der Waals surface area contributed by atoms with Gasteiger partial charge in [-0.2, -0.15) is 0 Å². The summed E-state index contributed by atoms with van der Waals surface area (Å²) in [5, 5.41) is 2.96. The first kappa shape index (κ1) is 19.1. The number of carbonyl (C=O) groups excluding carboxylic acids is 1. The number of nitrogens with zero attached hydrogens (tertiary/aromatic N) is 4. The van der Waals surface area contributed by atoms with Crippen LogP contribution in [-0.2, 0) is 4.74 Å². The van der Waals surface area contributed by atoms with Crippen LogP contribution in [0.3, 0.4) is 0 Å². The van der Waals surface area contributed by atoms with Crippen LogP contribution in [0.25, 0.3) is 11.4 Å². The molecule has 3 rings (SSSR count). The summed E-state index contributed by atoms with van der Waals surface area (Å²) >= 11 is 0. The zero-order chi connectivity index (χ0) is 19.6. The van der Waals surface area contributed by atoms with E-state index in [-0.39, 0.29) is 12.1 Å². The second kappa shape index (κ2) is 7.50. The Labute approximate surface area is 160 Å². The van der Waals surface area contributed by atoms with E-state index in [2.05, 4.69) is 20.2 Å². The minimum atomic E-state index is -0.499. The molecule has 27 heavy (non-hydrogen) atoms. The summed E-state index contributed by atoms with van der Waals surface area (Å²) in [5.74, 6) is 1.58. The summed E-state index contributed by atoms with van der Waals surface area (Å²) in [7, 11) is 0. The van der Waals surface area contributed by atoms with Gasteiger partial charge >= 0.3 is 6.09 Å². The average Bonchev–Trinajstić information content (AvgIpc) is 3.04. The SMILES string of the molecule is Cc1nc(-c2cccnc2)nc(N2CCC(NC(=O)OC(C)(C)C)C2)c1C. The molecule has 144 valence electrons. The fourth-order valence-corrected chi connectivity index (χ4v) is 3.09. The van der Waals surface area contributed by atoms with E-state index in [1.54, 1.807) is 12.4 Å². The lowest BCUT2D eigenvalue weighted by molar-refractivity contribution is 0.0509. The van der Waals surface area contributed by atoms with Crippen LogP contribution >= 0.6 is 0 Å². The molecule has 7 heteroatoms. The lowest BCUT2D eigenvalue weighted by Crippen LogP contribution is -2.40. The van der Waals surface area contributed by atoms with Crippen molar-refractivity contribution in [2.75, 3.05) is 18.0 Å². The van der Waals surface area contributed by atoms with Crippen LogP contribution in [-0.4, -0.2) is 45.8 Å². The molecule has 3 heterocycles. The first-order chi connectivity index (χ1) is 12.7. The Morgan fingerprint density at radius 3 is 2.74 bits per heavy atom. The van der Waals surface area contributed by atoms with Crippen LogP contribution in [0.2, 0.25) is 0 Å². The number of aryl methyl sites for hydroxylation is 1. The predicted octanol–water partition coefficient (Wildman–Crippen LogP) is 3.26. The van der Waals surface area contributed by atoms with Crippen LogP contribution < -0.4 is 10.2 Å². The largest absolute Gasteiger partial charge is 0.444 e. The number of amides is 1. The molecule has 2 aromatic rings. The van der Waals surface area contributed by atoms with Gasteiger partial charge in [0.05, 0.1) is 6.04 Å². The zero-order valence-electron chi connectivity index (χ0n) is 16.6. The molecule has 0 spiro atoms. The second-order valence-corrected chi connectivity index (χ2v) is 7.90. The third kappa shape index (κ3) is 4.72. The molecule has 1 atom stereocenters. The van der Waals surface area contributed by atoms with Crippen molar-refractivity contribution in [3.05, 3.63) is 35.8 Å². The van der Waals surface area contributed by atoms with Crippen LogP contribution in [0.4, 0.5) is 10.6 Å². The smallest absolute Gasteiger partial charge is 0.407 e. The van der Waals surface area contributed by atoms with E-state index in [0.29, 0.717) is 12.4 Å². The Bertz CT molecular complexity index is 817. The van der Waals surface area contributed by atoms with Crippen molar-refractivity contribution >= 4 is 11.9 Å². The number of hydrogen-bond donors (Lipinski definition) is 1. The molecule has 7 nitrogen and oxygen atoms in total. The highest BCUT2D eigenvalue weighted by molar-refractivity contribution is 5.68. The number of alkyl carbamates (subject to hydrolysis) is 1. The van der Waals surface area contributed by atoms with Crippen LogP contribution in [0, 0.1) is 13.8 Å². The number of anilines is 1. The lowest BCUT2D eigenvalue weighted by atomic mass is 10.2. The van der Waals surface area contributed by atoms with E-state index in [0.717, 1.165) is 35.6 Å². The van der Waals surface area contributed by atoms with Gasteiger partial charge in [-0.15, -0.1) is 0 Å². The van der Waals surface area contributed by atoms with E-state index < -0.39 is 5.60 Å². The monoisotopic (exact) mass is 369 g/mol. The number of nitrogens with one attached hydrogen (secondary N) is 1. The molecule has 0 radical (unpaired) electrons. The van der Waals surface area contributed by atoms with Gasteiger partial charge in [0.1, 0.15) is 11.4 Å². The average molecular weight is 369 g/mol. The number of carbonyl (C=O) groups is 1. The van der Waals surface area contributed by atoms with Gasteiger partial charge in [-0.05, 0) is 53.2 Å². The molecule has 1 fully saturated rings. The van der Waals surface area contributed by atoms with Crippen molar-refractivity contribution < 1.29 is 9.53 Å². The van der Waals surface area contributed by atoms with Crippen LogP contribution in [0.1, 0.15) is 38.4 Å². The molecule has 2 aromatic heterocycles. The highest BCUT2D eigenvalue weighted by Gasteiger charge is 2.28. The molecule has 1 aliphatic rings. The Balaban J connectivity index is 1.75. The quantitative estimate of drug-likeness (QED) is 0.894. The zero-order valence-corrected chi connectivity index (χ0v) is 16.6. The van der Waals surface area contributed by atoms with Gasteiger partial charge in [-0.1, -0.05) is 0 Å². The first-order valence-corrected chi connectivity index (χ1v) is 9.23. The number of aromatic nitrogens is 3. The maximum absolute atomic E-state index is 12.0. The minimum Gasteiger partial charge on any atom is -0.444 e. The third-order valence-corrected chi connectivity index (χ3v) is 4.49. The maximum Gasteiger partial charge on any atom is 0.407 e. The fourth-order valence-electron chi connectivity index (χ4n) is 3.09. The highest BCUT2D eigenvalue weighted by Crippen LogP contribution is 2.27. The van der Waals surface area contributed by atoms with Gasteiger partial charge in [-0.3, -0.25) is 4.98 Å². The number of rotatable bonds is 3. The molecule has 1 saturated heterocycles. The molecule has 1 N–H and O–H groups in total. The van der Waals surface area contributed by atoms with Crippen molar-refractivity contribution in [2.45, 2.75) is 52.7 Å². The summed E-state index contributed by atoms with van der Waals surface area (Å²) in [6.45, 7) is 11.1. The molecule has 1 amide bonds. The Kier molecular flexibility index (Phi) is 5.30. The lowest BCUT2D eigenvalue weighted by Gasteiger charge is -2.23. The number of pyridine rings is 1. The fraction of sp³-hybridized carbons (Fsp3) is 0.500. The summed E-state index contributed by atoms with van der Waals surface area (Å²) in [5.41, 5.74) is 2.40. The molecule has 0 saturated carbocycles. The van der Waals surface area contributed by atoms with Crippen molar-refractivity contribution in [2.24, 2.45) is 0 Å². The summed E-state index contributed by atoms with van der Waals surface area (Å²) in [4.78, 5) is 27.8. The minimum absolute atomic E-state index is 0.0383. The van der Waals surface area contributed by atoms with E-state index >= 15 is 0 Å². The summed E-state index contributed by atoms with van der Waals surface area (Å²) in [6, 6.07) is 3.87. The van der Waals surface area contributed by atoms with Gasteiger partial charge < -0.3 is 15.0 Å². The molecule has 0 aliphatic carbocycles. The standard InChI is InChI=1S/C20H27N5O2/c1-13-14(2)22-17(15-7-6-9-21-11-15)24-18(13)25-10-8-16(12-25)23-19(26)27-20(3,4)5/h6-7,9,11,16H,8,10,12H2,1-5H3,(H,23,26). The highest BCUT2D eigenvalue weighted by atomic mass is 16.6. The number of hydrogen-bond acceptors (Lipinski definition) is 6. The third-order valence-electron chi connectivity index (χ3n) is 4.49. The molecule has 0 bridgehead atoms. The number of ether oxygens (including phenoxy) is 1. The first-order valence-electron chi connectivity index (χ1n) is 9.23. The van der Waals surface area contributed by atoms with Crippen molar-refractivity contribution in [1.29, 1.82) is 0 Å². The summed E-state index contributed by atoms with van der Waals surface area (Å²) in [6.07, 6.45) is 3.98. The van der Waals surface area contributed by atoms with Gasteiger partial charge in [0.25, 0.3) is 0 Å². The van der Waals surface area contributed by atoms with E-state index in [4.69, 9.17) is 9.72 Å².